The SMILES string of the molecule is CC[C@@H](N)C(=O)N(C)C1CCN(C)CC1. The fraction of sp³-hybridized carbons (Fsp3) is 0.909. The molecular formula is C11H23N3O. The van der Waals surface area contributed by atoms with E-state index in [9.17, 15) is 4.79 Å². The predicted octanol–water partition coefficient (Wildman–Crippen LogP) is 0.276. The Balaban J connectivity index is 2.46. The zero-order valence-electron chi connectivity index (χ0n) is 10.1. The van der Waals surface area contributed by atoms with Gasteiger partial charge in [0.25, 0.3) is 0 Å². The summed E-state index contributed by atoms with van der Waals surface area (Å²) in [5, 5.41) is 0. The molecule has 0 aliphatic carbocycles. The Morgan fingerprint density at radius 1 is 1.53 bits per heavy atom. The first-order valence-corrected chi connectivity index (χ1v) is 5.77. The largest absolute Gasteiger partial charge is 0.341 e. The van der Waals surface area contributed by atoms with Crippen molar-refractivity contribution in [1.29, 1.82) is 0 Å². The van der Waals surface area contributed by atoms with Crippen LogP contribution in [0, 0.1) is 0 Å². The van der Waals surface area contributed by atoms with Crippen LogP contribution in [0.15, 0.2) is 0 Å². The normalized spacial score (nSPS) is 21.3. The van der Waals surface area contributed by atoms with Gasteiger partial charge < -0.3 is 15.5 Å². The number of piperidine rings is 1. The number of hydrogen-bond donors (Lipinski definition) is 1. The molecule has 1 amide bonds. The van der Waals surface area contributed by atoms with E-state index in [0.717, 1.165) is 32.4 Å². The fourth-order valence-corrected chi connectivity index (χ4v) is 2.00. The Labute approximate surface area is 92.4 Å². The van der Waals surface area contributed by atoms with Crippen LogP contribution in [0.2, 0.25) is 0 Å². The molecule has 2 N–H and O–H groups in total. The zero-order valence-corrected chi connectivity index (χ0v) is 10.1. The molecule has 88 valence electrons. The smallest absolute Gasteiger partial charge is 0.239 e. The van der Waals surface area contributed by atoms with E-state index in [1.54, 1.807) is 0 Å². The summed E-state index contributed by atoms with van der Waals surface area (Å²) in [5.41, 5.74) is 5.75. The van der Waals surface area contributed by atoms with E-state index in [1.807, 2.05) is 18.9 Å². The maximum absolute atomic E-state index is 11.8. The minimum Gasteiger partial charge on any atom is -0.341 e. The van der Waals surface area contributed by atoms with Gasteiger partial charge in [-0.05, 0) is 39.4 Å². The molecule has 1 saturated heterocycles. The third-order valence-electron chi connectivity index (χ3n) is 3.34. The minimum atomic E-state index is -0.324. The third-order valence-corrected chi connectivity index (χ3v) is 3.34. The Bertz CT molecular complexity index is 212. The summed E-state index contributed by atoms with van der Waals surface area (Å²) >= 11 is 0. The molecule has 1 rings (SSSR count). The van der Waals surface area contributed by atoms with Crippen LogP contribution in [0.1, 0.15) is 26.2 Å². The average Bonchev–Trinajstić information content (AvgIpc) is 2.27. The van der Waals surface area contributed by atoms with Crippen LogP contribution < -0.4 is 5.73 Å². The second-order valence-electron chi connectivity index (χ2n) is 4.50. The molecule has 1 aliphatic rings. The molecule has 0 radical (unpaired) electrons. The van der Waals surface area contributed by atoms with Crippen LogP contribution in [-0.2, 0) is 4.79 Å². The van der Waals surface area contributed by atoms with Gasteiger partial charge in [-0.3, -0.25) is 4.79 Å². The second-order valence-corrected chi connectivity index (χ2v) is 4.50. The highest BCUT2D eigenvalue weighted by atomic mass is 16.2. The van der Waals surface area contributed by atoms with E-state index in [2.05, 4.69) is 11.9 Å². The minimum absolute atomic E-state index is 0.0899. The Morgan fingerprint density at radius 3 is 2.53 bits per heavy atom. The van der Waals surface area contributed by atoms with Crippen LogP contribution >= 0.6 is 0 Å². The molecule has 0 aromatic carbocycles. The van der Waals surface area contributed by atoms with Crippen molar-refractivity contribution >= 4 is 5.91 Å². The fourth-order valence-electron chi connectivity index (χ4n) is 2.00. The van der Waals surface area contributed by atoms with E-state index in [0.29, 0.717) is 6.04 Å². The first kappa shape index (κ1) is 12.5. The van der Waals surface area contributed by atoms with Gasteiger partial charge in [-0.25, -0.2) is 0 Å². The third kappa shape index (κ3) is 3.18. The number of likely N-dealkylation sites (N-methyl/N-ethyl adjacent to an activating group) is 1. The van der Waals surface area contributed by atoms with Crippen LogP contribution in [0.4, 0.5) is 0 Å². The summed E-state index contributed by atoms with van der Waals surface area (Å²) in [4.78, 5) is 16.0. The molecular weight excluding hydrogens is 190 g/mol. The highest BCUT2D eigenvalue weighted by Gasteiger charge is 2.26. The van der Waals surface area contributed by atoms with Gasteiger partial charge in [-0.15, -0.1) is 0 Å². The standard InChI is InChI=1S/C11H23N3O/c1-4-10(12)11(15)14(3)9-5-7-13(2)8-6-9/h9-10H,4-8,12H2,1-3H3/t10-/m1/s1. The molecule has 0 spiro atoms. The van der Waals surface area contributed by atoms with Gasteiger partial charge in [0.1, 0.15) is 0 Å². The Kier molecular flexibility index (Phi) is 4.54. The van der Waals surface area contributed by atoms with Crippen molar-refractivity contribution in [2.24, 2.45) is 5.73 Å². The van der Waals surface area contributed by atoms with Crippen molar-refractivity contribution in [2.75, 3.05) is 27.2 Å². The molecule has 0 aromatic heterocycles. The van der Waals surface area contributed by atoms with E-state index >= 15 is 0 Å². The van der Waals surface area contributed by atoms with Gasteiger partial charge in [0.2, 0.25) is 5.91 Å². The van der Waals surface area contributed by atoms with Crippen molar-refractivity contribution in [3.8, 4) is 0 Å². The van der Waals surface area contributed by atoms with E-state index < -0.39 is 0 Å². The number of carbonyl (C=O) groups excluding carboxylic acids is 1. The lowest BCUT2D eigenvalue weighted by molar-refractivity contribution is -0.134. The van der Waals surface area contributed by atoms with Crippen molar-refractivity contribution in [3.63, 3.8) is 0 Å². The van der Waals surface area contributed by atoms with Crippen LogP contribution in [0.25, 0.3) is 0 Å². The first-order valence-electron chi connectivity index (χ1n) is 5.77. The van der Waals surface area contributed by atoms with Crippen molar-refractivity contribution in [3.05, 3.63) is 0 Å². The van der Waals surface area contributed by atoms with Gasteiger partial charge in [-0.2, -0.15) is 0 Å². The van der Waals surface area contributed by atoms with Gasteiger partial charge in [-0.1, -0.05) is 6.92 Å². The molecule has 0 bridgehead atoms. The Morgan fingerprint density at radius 2 is 2.07 bits per heavy atom. The zero-order chi connectivity index (χ0) is 11.4. The van der Waals surface area contributed by atoms with Gasteiger partial charge >= 0.3 is 0 Å². The summed E-state index contributed by atoms with van der Waals surface area (Å²) in [6.07, 6.45) is 2.85. The number of rotatable bonds is 3. The average molecular weight is 213 g/mol. The molecule has 0 aromatic rings. The summed E-state index contributed by atoms with van der Waals surface area (Å²) in [6, 6.07) is 0.0564. The number of nitrogens with zero attached hydrogens (tertiary/aromatic N) is 2. The lowest BCUT2D eigenvalue weighted by Gasteiger charge is -2.36. The monoisotopic (exact) mass is 213 g/mol. The molecule has 1 atom stereocenters. The first-order chi connectivity index (χ1) is 7.06. The number of nitrogens with two attached hydrogens (primary N) is 1. The predicted molar refractivity (Wildman–Crippen MR) is 61.6 cm³/mol. The molecule has 15 heavy (non-hydrogen) atoms. The van der Waals surface area contributed by atoms with E-state index in [-0.39, 0.29) is 11.9 Å². The number of amides is 1. The lowest BCUT2D eigenvalue weighted by atomic mass is 10.0. The molecule has 0 saturated carbocycles. The van der Waals surface area contributed by atoms with Crippen molar-refractivity contribution in [1.82, 2.24) is 9.80 Å². The number of carbonyl (C=O) groups is 1. The summed E-state index contributed by atoms with van der Waals surface area (Å²) in [5.74, 6) is 0.0899. The molecule has 4 heteroatoms. The summed E-state index contributed by atoms with van der Waals surface area (Å²) in [7, 11) is 4.00. The molecule has 1 aliphatic heterocycles. The molecule has 0 unspecified atom stereocenters. The van der Waals surface area contributed by atoms with Crippen LogP contribution in [0.3, 0.4) is 0 Å². The maximum atomic E-state index is 11.8. The Hall–Kier alpha value is -0.610. The van der Waals surface area contributed by atoms with Gasteiger partial charge in [0.05, 0.1) is 6.04 Å². The quantitative estimate of drug-likeness (QED) is 0.732. The van der Waals surface area contributed by atoms with E-state index in [1.165, 1.54) is 0 Å². The van der Waals surface area contributed by atoms with Crippen molar-refractivity contribution in [2.45, 2.75) is 38.3 Å². The molecule has 4 nitrogen and oxygen atoms in total. The number of hydrogen-bond acceptors (Lipinski definition) is 3. The van der Waals surface area contributed by atoms with Crippen molar-refractivity contribution < 1.29 is 4.79 Å². The second kappa shape index (κ2) is 5.47. The lowest BCUT2D eigenvalue weighted by Crippen LogP contribution is -2.49. The molecule has 1 heterocycles. The summed E-state index contributed by atoms with van der Waals surface area (Å²) < 4.78 is 0. The highest BCUT2D eigenvalue weighted by molar-refractivity contribution is 5.81. The van der Waals surface area contributed by atoms with Gasteiger partial charge in [0.15, 0.2) is 0 Å². The number of likely N-dealkylation sites (tertiary alicyclic amines) is 1. The van der Waals surface area contributed by atoms with Gasteiger partial charge in [0, 0.05) is 13.1 Å². The summed E-state index contributed by atoms with van der Waals surface area (Å²) in [6.45, 7) is 4.10. The van der Waals surface area contributed by atoms with Crippen LogP contribution in [-0.4, -0.2) is 55.0 Å². The molecule has 1 fully saturated rings. The topological polar surface area (TPSA) is 49.6 Å². The van der Waals surface area contributed by atoms with Crippen LogP contribution in [0.5, 0.6) is 0 Å². The van der Waals surface area contributed by atoms with E-state index in [4.69, 9.17) is 5.73 Å². The maximum Gasteiger partial charge on any atom is 0.239 e. The highest BCUT2D eigenvalue weighted by Crippen LogP contribution is 2.14.